The SMILES string of the molecule is C=C/C=C\C(C(=O)Nc1ccc2c(c1)CN(C)C(=O)N2)=C(/C=C)OC. The molecule has 0 aliphatic carbocycles. The van der Waals surface area contributed by atoms with Gasteiger partial charge in [-0.3, -0.25) is 4.79 Å². The lowest BCUT2D eigenvalue weighted by Crippen LogP contribution is -2.35. The molecule has 0 bridgehead atoms. The maximum Gasteiger partial charge on any atom is 0.321 e. The van der Waals surface area contributed by atoms with Crippen LogP contribution in [-0.4, -0.2) is 31.0 Å². The number of hydrogen-bond acceptors (Lipinski definition) is 3. The van der Waals surface area contributed by atoms with Crippen molar-refractivity contribution >= 4 is 23.3 Å². The zero-order valence-electron chi connectivity index (χ0n) is 14.3. The number of nitrogens with one attached hydrogen (secondary N) is 2. The Hall–Kier alpha value is -3.28. The summed E-state index contributed by atoms with van der Waals surface area (Å²) in [6.45, 7) is 7.73. The van der Waals surface area contributed by atoms with Crippen LogP contribution in [0.25, 0.3) is 0 Å². The second-order valence-corrected chi connectivity index (χ2v) is 5.39. The fourth-order valence-electron chi connectivity index (χ4n) is 2.40. The number of fused-ring (bicyclic) bond motifs is 1. The van der Waals surface area contributed by atoms with Crippen molar-refractivity contribution in [3.63, 3.8) is 0 Å². The Morgan fingerprint density at radius 1 is 1.40 bits per heavy atom. The Bertz CT molecular complexity index is 778. The summed E-state index contributed by atoms with van der Waals surface area (Å²) in [4.78, 5) is 25.8. The molecule has 2 N–H and O–H groups in total. The van der Waals surface area contributed by atoms with Crippen molar-refractivity contribution in [2.75, 3.05) is 24.8 Å². The fourth-order valence-corrected chi connectivity index (χ4v) is 2.40. The summed E-state index contributed by atoms with van der Waals surface area (Å²) < 4.78 is 5.19. The molecule has 0 aromatic heterocycles. The normalized spacial score (nSPS) is 14.3. The zero-order chi connectivity index (χ0) is 18.4. The van der Waals surface area contributed by atoms with Gasteiger partial charge in [0.05, 0.1) is 12.7 Å². The van der Waals surface area contributed by atoms with E-state index < -0.39 is 0 Å². The first-order chi connectivity index (χ1) is 12.0. The van der Waals surface area contributed by atoms with E-state index >= 15 is 0 Å². The van der Waals surface area contributed by atoms with E-state index in [-0.39, 0.29) is 11.9 Å². The smallest absolute Gasteiger partial charge is 0.321 e. The van der Waals surface area contributed by atoms with Crippen molar-refractivity contribution < 1.29 is 14.3 Å². The summed E-state index contributed by atoms with van der Waals surface area (Å²) in [5.74, 6) is 0.0311. The number of nitrogens with zero attached hydrogens (tertiary/aromatic N) is 1. The van der Waals surface area contributed by atoms with Crippen molar-refractivity contribution in [1.29, 1.82) is 0 Å². The highest BCUT2D eigenvalue weighted by Crippen LogP contribution is 2.26. The Labute approximate surface area is 147 Å². The van der Waals surface area contributed by atoms with Gasteiger partial charge in [0.25, 0.3) is 5.91 Å². The molecule has 1 aliphatic heterocycles. The third-order valence-corrected chi connectivity index (χ3v) is 3.67. The van der Waals surface area contributed by atoms with Crippen molar-refractivity contribution in [1.82, 2.24) is 4.90 Å². The second kappa shape index (κ2) is 8.01. The molecule has 1 aliphatic rings. The van der Waals surface area contributed by atoms with Crippen molar-refractivity contribution in [2.45, 2.75) is 6.54 Å². The number of rotatable bonds is 6. The van der Waals surface area contributed by atoms with Crippen LogP contribution in [-0.2, 0) is 16.1 Å². The molecule has 6 heteroatoms. The van der Waals surface area contributed by atoms with Gasteiger partial charge in [-0.25, -0.2) is 4.79 Å². The highest BCUT2D eigenvalue weighted by Gasteiger charge is 2.20. The van der Waals surface area contributed by atoms with Gasteiger partial charge in [-0.15, -0.1) is 0 Å². The van der Waals surface area contributed by atoms with Gasteiger partial charge >= 0.3 is 6.03 Å². The number of amides is 3. The molecule has 0 saturated heterocycles. The number of methoxy groups -OCH3 is 1. The number of urea groups is 1. The van der Waals surface area contributed by atoms with Crippen LogP contribution in [0.5, 0.6) is 0 Å². The first-order valence-electron chi connectivity index (χ1n) is 7.66. The molecule has 0 fully saturated rings. The van der Waals surface area contributed by atoms with Crippen LogP contribution in [0.1, 0.15) is 5.56 Å². The van der Waals surface area contributed by atoms with E-state index in [2.05, 4.69) is 23.8 Å². The minimum atomic E-state index is -0.331. The van der Waals surface area contributed by atoms with Crippen molar-refractivity contribution in [2.24, 2.45) is 0 Å². The average molecular weight is 339 g/mol. The average Bonchev–Trinajstić information content (AvgIpc) is 2.59. The maximum atomic E-state index is 12.6. The van der Waals surface area contributed by atoms with E-state index in [1.54, 1.807) is 42.3 Å². The first kappa shape index (κ1) is 18.1. The van der Waals surface area contributed by atoms with Gasteiger partial charge < -0.3 is 20.3 Å². The fraction of sp³-hybridized carbons (Fsp3) is 0.158. The number of carbonyl (C=O) groups excluding carboxylic acids is 2. The van der Waals surface area contributed by atoms with Crippen LogP contribution in [0.15, 0.2) is 67.0 Å². The molecule has 1 aromatic rings. The summed E-state index contributed by atoms with van der Waals surface area (Å²) >= 11 is 0. The number of ether oxygens (including phenoxy) is 1. The topological polar surface area (TPSA) is 70.7 Å². The Kier molecular flexibility index (Phi) is 5.79. The van der Waals surface area contributed by atoms with E-state index in [1.807, 2.05) is 6.07 Å². The van der Waals surface area contributed by atoms with Crippen LogP contribution in [0.4, 0.5) is 16.2 Å². The molecular formula is C19H21N3O3. The Morgan fingerprint density at radius 2 is 2.16 bits per heavy atom. The van der Waals surface area contributed by atoms with Gasteiger partial charge in [-0.1, -0.05) is 25.3 Å². The van der Waals surface area contributed by atoms with Crippen LogP contribution in [0.2, 0.25) is 0 Å². The van der Waals surface area contributed by atoms with Crippen LogP contribution in [0.3, 0.4) is 0 Å². The van der Waals surface area contributed by atoms with Crippen LogP contribution < -0.4 is 10.6 Å². The zero-order valence-corrected chi connectivity index (χ0v) is 14.3. The third-order valence-electron chi connectivity index (χ3n) is 3.67. The van der Waals surface area contributed by atoms with E-state index in [4.69, 9.17) is 4.74 Å². The summed E-state index contributed by atoms with van der Waals surface area (Å²) in [5.41, 5.74) is 2.62. The molecule has 1 aromatic carbocycles. The highest BCUT2D eigenvalue weighted by molar-refractivity contribution is 6.06. The lowest BCUT2D eigenvalue weighted by Gasteiger charge is -2.26. The maximum absolute atomic E-state index is 12.6. The molecule has 0 unspecified atom stereocenters. The van der Waals surface area contributed by atoms with E-state index in [0.29, 0.717) is 23.6 Å². The first-order valence-corrected chi connectivity index (χ1v) is 7.66. The summed E-state index contributed by atoms with van der Waals surface area (Å²) in [7, 11) is 3.18. The van der Waals surface area contributed by atoms with Gasteiger partial charge in [-0.05, 0) is 35.9 Å². The molecular weight excluding hydrogens is 318 g/mol. The number of benzene rings is 1. The summed E-state index contributed by atoms with van der Waals surface area (Å²) in [6.07, 6.45) is 6.30. The Morgan fingerprint density at radius 3 is 2.80 bits per heavy atom. The van der Waals surface area contributed by atoms with Gasteiger partial charge in [-0.2, -0.15) is 0 Å². The predicted octanol–water partition coefficient (Wildman–Crippen LogP) is 3.43. The number of anilines is 2. The monoisotopic (exact) mass is 339 g/mol. The number of hydrogen-bond donors (Lipinski definition) is 2. The Balaban J connectivity index is 2.27. The molecule has 1 heterocycles. The standard InChI is InChI=1S/C19H21N3O3/c1-5-7-8-15(17(6-2)25-4)18(23)20-14-9-10-16-13(11-14)12-22(3)19(24)21-16/h5-11H,1-2,12H2,3-4H3,(H,20,23)(H,21,24)/b8-7-,17-15-. The molecule has 0 spiro atoms. The minimum absolute atomic E-state index is 0.153. The third kappa shape index (κ3) is 4.17. The molecule has 0 saturated carbocycles. The van der Waals surface area contributed by atoms with E-state index in [9.17, 15) is 9.59 Å². The molecule has 130 valence electrons. The largest absolute Gasteiger partial charge is 0.496 e. The second-order valence-electron chi connectivity index (χ2n) is 5.39. The molecule has 2 rings (SSSR count). The van der Waals surface area contributed by atoms with Crippen molar-refractivity contribution in [3.8, 4) is 0 Å². The molecule has 0 radical (unpaired) electrons. The predicted molar refractivity (Wildman–Crippen MR) is 99.1 cm³/mol. The quantitative estimate of drug-likeness (QED) is 0.474. The van der Waals surface area contributed by atoms with E-state index in [1.165, 1.54) is 13.2 Å². The molecule has 6 nitrogen and oxygen atoms in total. The number of allylic oxidation sites excluding steroid dienone is 3. The van der Waals surface area contributed by atoms with Gasteiger partial charge in [0.2, 0.25) is 0 Å². The highest BCUT2D eigenvalue weighted by atomic mass is 16.5. The van der Waals surface area contributed by atoms with Crippen LogP contribution in [0, 0.1) is 0 Å². The van der Waals surface area contributed by atoms with Gasteiger partial charge in [0, 0.05) is 25.0 Å². The summed E-state index contributed by atoms with van der Waals surface area (Å²) in [6, 6.07) is 5.18. The lowest BCUT2D eigenvalue weighted by atomic mass is 10.1. The lowest BCUT2D eigenvalue weighted by molar-refractivity contribution is -0.112. The van der Waals surface area contributed by atoms with E-state index in [0.717, 1.165) is 11.3 Å². The summed E-state index contributed by atoms with van der Waals surface area (Å²) in [5, 5.41) is 5.62. The van der Waals surface area contributed by atoms with Gasteiger partial charge in [0.15, 0.2) is 0 Å². The number of carbonyl (C=O) groups is 2. The minimum Gasteiger partial charge on any atom is -0.496 e. The molecule has 25 heavy (non-hydrogen) atoms. The van der Waals surface area contributed by atoms with Crippen LogP contribution >= 0.6 is 0 Å². The van der Waals surface area contributed by atoms with Crippen molar-refractivity contribution in [3.05, 3.63) is 72.6 Å². The molecule has 0 atom stereocenters. The van der Waals surface area contributed by atoms with Gasteiger partial charge in [0.1, 0.15) is 5.76 Å². The molecule has 3 amide bonds.